The van der Waals surface area contributed by atoms with E-state index in [9.17, 15) is 9.18 Å². The van der Waals surface area contributed by atoms with E-state index in [-0.39, 0.29) is 11.6 Å². The summed E-state index contributed by atoms with van der Waals surface area (Å²) in [7, 11) is 1.48. The molecule has 116 valence electrons. The lowest BCUT2D eigenvalue weighted by Gasteiger charge is -2.07. The van der Waals surface area contributed by atoms with Gasteiger partial charge in [0.05, 0.1) is 12.7 Å². The van der Waals surface area contributed by atoms with Crippen LogP contribution >= 0.6 is 0 Å². The second-order valence-corrected chi connectivity index (χ2v) is 4.62. The van der Waals surface area contributed by atoms with Gasteiger partial charge >= 0.3 is 0 Å². The Morgan fingerprint density at radius 2 is 1.87 bits per heavy atom. The van der Waals surface area contributed by atoms with Crippen molar-refractivity contribution in [2.75, 3.05) is 12.4 Å². The molecule has 0 unspecified atom stereocenters. The molecule has 0 aliphatic carbocycles. The Morgan fingerprint density at radius 3 is 2.61 bits per heavy atom. The summed E-state index contributed by atoms with van der Waals surface area (Å²) in [6.07, 6.45) is 0. The van der Waals surface area contributed by atoms with E-state index in [1.54, 1.807) is 24.3 Å². The minimum absolute atomic E-state index is 0.146. The van der Waals surface area contributed by atoms with Gasteiger partial charge in [-0.1, -0.05) is 12.1 Å². The zero-order chi connectivity index (χ0) is 16.2. The summed E-state index contributed by atoms with van der Waals surface area (Å²) >= 11 is 0. The minimum atomic E-state index is -0.415. The molecule has 0 aliphatic heterocycles. The van der Waals surface area contributed by atoms with E-state index < -0.39 is 5.91 Å². The number of rotatable bonds is 4. The van der Waals surface area contributed by atoms with Crippen LogP contribution in [0.2, 0.25) is 0 Å². The van der Waals surface area contributed by atoms with E-state index in [4.69, 9.17) is 4.74 Å². The molecular weight excluding hydrogens is 301 g/mol. The summed E-state index contributed by atoms with van der Waals surface area (Å²) in [6.45, 7) is 0. The van der Waals surface area contributed by atoms with Gasteiger partial charge in [0.1, 0.15) is 11.6 Å². The van der Waals surface area contributed by atoms with Crippen LogP contribution in [0.1, 0.15) is 10.4 Å². The predicted molar refractivity (Wildman–Crippen MR) is 80.6 cm³/mol. The number of hydrogen-bond donors (Lipinski definition) is 1. The molecule has 1 heterocycles. The molecule has 0 aliphatic rings. The Kier molecular flexibility index (Phi) is 4.01. The van der Waals surface area contributed by atoms with Gasteiger partial charge in [0, 0.05) is 5.56 Å². The Balaban J connectivity index is 1.88. The highest BCUT2D eigenvalue weighted by Gasteiger charge is 2.18. The van der Waals surface area contributed by atoms with Gasteiger partial charge in [0.25, 0.3) is 5.91 Å². The van der Waals surface area contributed by atoms with Crippen molar-refractivity contribution >= 4 is 11.7 Å². The van der Waals surface area contributed by atoms with Crippen LogP contribution in [0.15, 0.2) is 53.2 Å². The molecule has 0 spiro atoms. The number of halogens is 1. The summed E-state index contributed by atoms with van der Waals surface area (Å²) < 4.78 is 22.8. The number of nitrogens with one attached hydrogen (secondary N) is 1. The maximum Gasteiger partial charge on any atom is 0.260 e. The molecule has 0 bridgehead atoms. The largest absolute Gasteiger partial charge is 0.496 e. The molecule has 2 aromatic carbocycles. The summed E-state index contributed by atoms with van der Waals surface area (Å²) in [6, 6.07) is 12.4. The quantitative estimate of drug-likeness (QED) is 0.800. The van der Waals surface area contributed by atoms with E-state index in [0.29, 0.717) is 22.6 Å². The number of ether oxygens (including phenoxy) is 1. The molecule has 3 rings (SSSR count). The maximum absolute atomic E-state index is 13.0. The second kappa shape index (κ2) is 6.27. The van der Waals surface area contributed by atoms with E-state index in [1.165, 1.54) is 31.4 Å². The van der Waals surface area contributed by atoms with Crippen LogP contribution in [-0.4, -0.2) is 23.3 Å². The van der Waals surface area contributed by atoms with E-state index in [2.05, 4.69) is 20.3 Å². The van der Waals surface area contributed by atoms with Crippen LogP contribution in [0, 0.1) is 5.82 Å². The lowest BCUT2D eigenvalue weighted by Crippen LogP contribution is -2.14. The first-order valence-electron chi connectivity index (χ1n) is 6.72. The molecule has 0 saturated heterocycles. The molecule has 0 atom stereocenters. The molecule has 3 aromatic rings. The highest BCUT2D eigenvalue weighted by Crippen LogP contribution is 2.26. The monoisotopic (exact) mass is 313 g/mol. The fourth-order valence-corrected chi connectivity index (χ4v) is 2.07. The first-order chi connectivity index (χ1) is 11.2. The predicted octanol–water partition coefficient (Wildman–Crippen LogP) is 3.14. The number of carbonyl (C=O) groups excluding carboxylic acids is 1. The number of amides is 1. The first kappa shape index (κ1) is 14.7. The lowest BCUT2D eigenvalue weighted by atomic mass is 10.1. The Labute approximate surface area is 130 Å². The van der Waals surface area contributed by atoms with Crippen LogP contribution in [-0.2, 0) is 0 Å². The summed E-state index contributed by atoms with van der Waals surface area (Å²) in [4.78, 5) is 12.4. The average molecular weight is 313 g/mol. The number of carbonyl (C=O) groups is 1. The third-order valence-electron chi connectivity index (χ3n) is 3.19. The van der Waals surface area contributed by atoms with Gasteiger partial charge in [-0.15, -0.1) is 0 Å². The molecular formula is C16H12FN3O3. The van der Waals surface area contributed by atoms with Crippen molar-refractivity contribution < 1.29 is 18.6 Å². The molecule has 6 nitrogen and oxygen atoms in total. The Bertz CT molecular complexity index is 831. The number of benzene rings is 2. The Hall–Kier alpha value is -3.22. The van der Waals surface area contributed by atoms with Crippen LogP contribution in [0.4, 0.5) is 10.2 Å². The second-order valence-electron chi connectivity index (χ2n) is 4.62. The van der Waals surface area contributed by atoms with Crippen molar-refractivity contribution in [3.63, 3.8) is 0 Å². The SMILES string of the molecule is COc1ccccc1C(=O)Nc1nonc1-c1ccc(F)cc1. The smallest absolute Gasteiger partial charge is 0.260 e. The maximum atomic E-state index is 13.0. The van der Waals surface area contributed by atoms with Crippen LogP contribution in [0.25, 0.3) is 11.3 Å². The Morgan fingerprint density at radius 1 is 1.13 bits per heavy atom. The van der Waals surface area contributed by atoms with Crippen LogP contribution in [0.5, 0.6) is 5.75 Å². The van der Waals surface area contributed by atoms with Crippen molar-refractivity contribution in [3.8, 4) is 17.0 Å². The molecule has 0 saturated carbocycles. The van der Waals surface area contributed by atoms with Crippen molar-refractivity contribution in [1.29, 1.82) is 0 Å². The lowest BCUT2D eigenvalue weighted by molar-refractivity contribution is 0.102. The standard InChI is InChI=1S/C16H12FN3O3/c1-22-13-5-3-2-4-12(13)16(21)18-15-14(19-23-20-15)10-6-8-11(17)9-7-10/h2-9H,1H3,(H,18,20,21). The van der Waals surface area contributed by atoms with Crippen molar-refractivity contribution in [3.05, 3.63) is 59.9 Å². The summed E-state index contributed by atoms with van der Waals surface area (Å²) in [5.74, 6) is -0.205. The molecule has 1 amide bonds. The molecule has 1 aromatic heterocycles. The minimum Gasteiger partial charge on any atom is -0.496 e. The molecule has 7 heteroatoms. The third-order valence-corrected chi connectivity index (χ3v) is 3.19. The van der Waals surface area contributed by atoms with Gasteiger partial charge in [-0.05, 0) is 46.7 Å². The number of hydrogen-bond acceptors (Lipinski definition) is 5. The topological polar surface area (TPSA) is 77.2 Å². The van der Waals surface area contributed by atoms with Crippen LogP contribution < -0.4 is 10.1 Å². The third kappa shape index (κ3) is 3.03. The number of nitrogens with zero attached hydrogens (tertiary/aromatic N) is 2. The molecule has 23 heavy (non-hydrogen) atoms. The zero-order valence-electron chi connectivity index (χ0n) is 12.1. The normalized spacial score (nSPS) is 10.3. The van der Waals surface area contributed by atoms with Crippen molar-refractivity contribution in [2.45, 2.75) is 0 Å². The summed E-state index contributed by atoms with van der Waals surface area (Å²) in [5, 5.41) is 10.0. The van der Waals surface area contributed by atoms with Crippen molar-refractivity contribution in [2.24, 2.45) is 0 Å². The highest BCUT2D eigenvalue weighted by molar-refractivity contribution is 6.06. The first-order valence-corrected chi connectivity index (χ1v) is 6.72. The van der Waals surface area contributed by atoms with Gasteiger partial charge in [-0.2, -0.15) is 0 Å². The highest BCUT2D eigenvalue weighted by atomic mass is 19.1. The molecule has 1 N–H and O–H groups in total. The number of methoxy groups -OCH3 is 1. The van der Waals surface area contributed by atoms with Gasteiger partial charge in [0.2, 0.25) is 5.82 Å². The number of para-hydroxylation sites is 1. The van der Waals surface area contributed by atoms with Crippen molar-refractivity contribution in [1.82, 2.24) is 10.3 Å². The molecule has 0 fully saturated rings. The fraction of sp³-hybridized carbons (Fsp3) is 0.0625. The van der Waals surface area contributed by atoms with Gasteiger partial charge < -0.3 is 10.1 Å². The van der Waals surface area contributed by atoms with Gasteiger partial charge in [0.15, 0.2) is 5.69 Å². The fourth-order valence-electron chi connectivity index (χ4n) is 2.07. The number of anilines is 1. The number of aromatic nitrogens is 2. The van der Waals surface area contributed by atoms with E-state index in [1.807, 2.05) is 0 Å². The molecule has 0 radical (unpaired) electrons. The van der Waals surface area contributed by atoms with E-state index in [0.717, 1.165) is 0 Å². The summed E-state index contributed by atoms with van der Waals surface area (Å²) in [5.41, 5.74) is 1.24. The van der Waals surface area contributed by atoms with Gasteiger partial charge in [-0.3, -0.25) is 4.79 Å². The van der Waals surface area contributed by atoms with E-state index >= 15 is 0 Å². The van der Waals surface area contributed by atoms with Crippen LogP contribution in [0.3, 0.4) is 0 Å². The zero-order valence-corrected chi connectivity index (χ0v) is 12.1. The van der Waals surface area contributed by atoms with Gasteiger partial charge in [-0.25, -0.2) is 9.02 Å². The average Bonchev–Trinajstić information content (AvgIpc) is 3.03.